The van der Waals surface area contributed by atoms with Crippen LogP contribution in [0.15, 0.2) is 48.5 Å². The van der Waals surface area contributed by atoms with Gasteiger partial charge in [0.25, 0.3) is 0 Å². The first-order valence-corrected chi connectivity index (χ1v) is 10.6. The van der Waals surface area contributed by atoms with E-state index < -0.39 is 0 Å². The lowest BCUT2D eigenvalue weighted by Gasteiger charge is -2.14. The Morgan fingerprint density at radius 1 is 0.931 bits per heavy atom. The number of nitrogens with one attached hydrogen (secondary N) is 2. The number of benzene rings is 2. The van der Waals surface area contributed by atoms with Crippen molar-refractivity contribution in [1.29, 1.82) is 0 Å². The van der Waals surface area contributed by atoms with Gasteiger partial charge >= 0.3 is 0 Å². The average Bonchev–Trinajstić information content (AvgIpc) is 2.68. The first kappa shape index (κ1) is 25.0. The van der Waals surface area contributed by atoms with Gasteiger partial charge in [-0.25, -0.2) is 0 Å². The number of rotatable bonds is 9. The Bertz CT molecular complexity index is 780. The SMILES string of the molecule is Cc1ccc(NC(=O)CSCC(=O)NCC(N)c2ccc(C(C)C)cc2)cc1.Cl. The summed E-state index contributed by atoms with van der Waals surface area (Å²) in [6.07, 6.45) is 0. The standard InChI is InChI=1S/C22H29N3O2S.ClH/c1-15(2)17-6-8-18(9-7-17)20(23)12-24-21(26)13-28-14-22(27)25-19-10-4-16(3)5-11-19;/h4-11,15,20H,12-14,23H2,1-3H3,(H,24,26)(H,25,27);1H. The molecule has 0 aliphatic carbocycles. The summed E-state index contributed by atoms with van der Waals surface area (Å²) < 4.78 is 0. The summed E-state index contributed by atoms with van der Waals surface area (Å²) in [4.78, 5) is 23.9. The van der Waals surface area contributed by atoms with Crippen LogP contribution in [0.1, 0.15) is 42.5 Å². The van der Waals surface area contributed by atoms with Crippen molar-refractivity contribution < 1.29 is 9.59 Å². The fraction of sp³-hybridized carbons (Fsp3) is 0.364. The minimum absolute atomic E-state index is 0. The van der Waals surface area contributed by atoms with E-state index in [4.69, 9.17) is 5.73 Å². The molecule has 1 unspecified atom stereocenters. The van der Waals surface area contributed by atoms with Crippen LogP contribution in [0.4, 0.5) is 5.69 Å². The van der Waals surface area contributed by atoms with Crippen molar-refractivity contribution in [3.8, 4) is 0 Å². The van der Waals surface area contributed by atoms with Crippen LogP contribution in [0.3, 0.4) is 0 Å². The van der Waals surface area contributed by atoms with Crippen LogP contribution in [0, 0.1) is 6.92 Å². The highest BCUT2D eigenvalue weighted by molar-refractivity contribution is 8.00. The van der Waals surface area contributed by atoms with Crippen molar-refractivity contribution in [2.45, 2.75) is 32.7 Å². The fourth-order valence-corrected chi connectivity index (χ4v) is 3.24. The number of aryl methyl sites for hydroxylation is 1. The quantitative estimate of drug-likeness (QED) is 0.555. The normalized spacial score (nSPS) is 11.5. The average molecular weight is 436 g/mol. The molecule has 2 aromatic rings. The van der Waals surface area contributed by atoms with E-state index in [2.05, 4.69) is 36.6 Å². The van der Waals surface area contributed by atoms with E-state index in [1.165, 1.54) is 17.3 Å². The maximum atomic E-state index is 12.0. The molecule has 0 saturated heterocycles. The summed E-state index contributed by atoms with van der Waals surface area (Å²) in [5, 5.41) is 5.65. The lowest BCUT2D eigenvalue weighted by atomic mass is 9.99. The van der Waals surface area contributed by atoms with Gasteiger partial charge in [-0.3, -0.25) is 9.59 Å². The Hall–Kier alpha value is -2.02. The number of halogens is 1. The van der Waals surface area contributed by atoms with Gasteiger partial charge in [-0.15, -0.1) is 24.2 Å². The molecular weight excluding hydrogens is 406 g/mol. The molecule has 29 heavy (non-hydrogen) atoms. The van der Waals surface area contributed by atoms with Gasteiger partial charge in [0.2, 0.25) is 11.8 Å². The third-order valence-electron chi connectivity index (χ3n) is 4.35. The maximum absolute atomic E-state index is 12.0. The Morgan fingerprint density at radius 2 is 1.48 bits per heavy atom. The van der Waals surface area contributed by atoms with Crippen LogP contribution in [0.2, 0.25) is 0 Å². The summed E-state index contributed by atoms with van der Waals surface area (Å²) in [6, 6.07) is 15.5. The van der Waals surface area contributed by atoms with E-state index in [0.717, 1.165) is 16.8 Å². The molecule has 2 aromatic carbocycles. The smallest absolute Gasteiger partial charge is 0.234 e. The third kappa shape index (κ3) is 8.90. The number of hydrogen-bond acceptors (Lipinski definition) is 4. The Balaban J connectivity index is 0.00000420. The number of nitrogens with two attached hydrogens (primary N) is 1. The number of hydrogen-bond donors (Lipinski definition) is 3. The van der Waals surface area contributed by atoms with Gasteiger partial charge in [-0.05, 0) is 36.1 Å². The van der Waals surface area contributed by atoms with Crippen molar-refractivity contribution in [3.05, 3.63) is 65.2 Å². The van der Waals surface area contributed by atoms with Crippen LogP contribution < -0.4 is 16.4 Å². The number of thioether (sulfide) groups is 1. The zero-order valence-electron chi connectivity index (χ0n) is 17.1. The van der Waals surface area contributed by atoms with Crippen LogP contribution in [0.25, 0.3) is 0 Å². The summed E-state index contributed by atoms with van der Waals surface area (Å²) in [7, 11) is 0. The van der Waals surface area contributed by atoms with Gasteiger partial charge in [-0.2, -0.15) is 0 Å². The zero-order chi connectivity index (χ0) is 20.5. The molecule has 0 heterocycles. The first-order valence-electron chi connectivity index (χ1n) is 9.41. The third-order valence-corrected chi connectivity index (χ3v) is 5.28. The Kier molecular flexibility index (Phi) is 10.8. The highest BCUT2D eigenvalue weighted by atomic mass is 35.5. The van der Waals surface area contributed by atoms with E-state index in [0.29, 0.717) is 12.5 Å². The maximum Gasteiger partial charge on any atom is 0.234 e. The molecule has 5 nitrogen and oxygen atoms in total. The fourth-order valence-electron chi connectivity index (χ4n) is 2.59. The van der Waals surface area contributed by atoms with E-state index in [1.54, 1.807) is 0 Å². The molecule has 4 N–H and O–H groups in total. The second kappa shape index (κ2) is 12.5. The minimum Gasteiger partial charge on any atom is -0.353 e. The van der Waals surface area contributed by atoms with Crippen molar-refractivity contribution in [3.63, 3.8) is 0 Å². The van der Waals surface area contributed by atoms with Crippen molar-refractivity contribution in [2.75, 3.05) is 23.4 Å². The second-order valence-electron chi connectivity index (χ2n) is 7.14. The molecule has 0 radical (unpaired) electrons. The number of anilines is 1. The van der Waals surface area contributed by atoms with Crippen LogP contribution in [-0.2, 0) is 9.59 Å². The molecule has 1 atom stereocenters. The largest absolute Gasteiger partial charge is 0.353 e. The van der Waals surface area contributed by atoms with Gasteiger partial charge in [0.05, 0.1) is 11.5 Å². The van der Waals surface area contributed by atoms with Crippen LogP contribution in [0.5, 0.6) is 0 Å². The minimum atomic E-state index is -0.250. The van der Waals surface area contributed by atoms with Crippen molar-refractivity contribution in [2.24, 2.45) is 5.73 Å². The second-order valence-corrected chi connectivity index (χ2v) is 8.12. The van der Waals surface area contributed by atoms with Crippen LogP contribution in [-0.4, -0.2) is 29.9 Å². The van der Waals surface area contributed by atoms with Crippen molar-refractivity contribution >= 4 is 41.7 Å². The monoisotopic (exact) mass is 435 g/mol. The molecule has 158 valence electrons. The van der Waals surface area contributed by atoms with E-state index in [1.807, 2.05) is 43.3 Å². The van der Waals surface area contributed by atoms with Crippen molar-refractivity contribution in [1.82, 2.24) is 5.32 Å². The zero-order valence-corrected chi connectivity index (χ0v) is 18.7. The molecule has 2 rings (SSSR count). The predicted molar refractivity (Wildman–Crippen MR) is 125 cm³/mol. The lowest BCUT2D eigenvalue weighted by molar-refractivity contribution is -0.118. The van der Waals surface area contributed by atoms with Gasteiger partial charge in [0.15, 0.2) is 0 Å². The Labute approximate surface area is 183 Å². The summed E-state index contributed by atoms with van der Waals surface area (Å²) in [6.45, 7) is 6.66. The predicted octanol–water partition coefficient (Wildman–Crippen LogP) is 4.03. The molecule has 0 bridgehead atoms. The van der Waals surface area contributed by atoms with Gasteiger partial charge in [0, 0.05) is 18.3 Å². The van der Waals surface area contributed by atoms with Gasteiger partial charge in [-0.1, -0.05) is 55.8 Å². The molecule has 0 fully saturated rings. The summed E-state index contributed by atoms with van der Waals surface area (Å²) in [5.41, 5.74) is 10.3. The number of carbonyl (C=O) groups is 2. The molecule has 2 amide bonds. The first-order chi connectivity index (χ1) is 13.3. The van der Waals surface area contributed by atoms with Gasteiger partial charge < -0.3 is 16.4 Å². The molecular formula is C22H30ClN3O2S. The molecule has 7 heteroatoms. The molecule has 0 aliphatic heterocycles. The summed E-state index contributed by atoms with van der Waals surface area (Å²) in [5.74, 6) is 0.681. The molecule has 0 aliphatic rings. The molecule has 0 spiro atoms. The van der Waals surface area contributed by atoms with E-state index in [-0.39, 0.29) is 41.8 Å². The Morgan fingerprint density at radius 3 is 2.07 bits per heavy atom. The number of amides is 2. The highest BCUT2D eigenvalue weighted by Crippen LogP contribution is 2.17. The van der Waals surface area contributed by atoms with Gasteiger partial charge in [0.1, 0.15) is 0 Å². The highest BCUT2D eigenvalue weighted by Gasteiger charge is 2.10. The molecule has 0 saturated carbocycles. The van der Waals surface area contributed by atoms with E-state index in [9.17, 15) is 9.59 Å². The topological polar surface area (TPSA) is 84.2 Å². The number of carbonyl (C=O) groups excluding carboxylic acids is 2. The van der Waals surface area contributed by atoms with Crippen LogP contribution >= 0.6 is 24.2 Å². The summed E-state index contributed by atoms with van der Waals surface area (Å²) >= 11 is 1.28. The molecule has 0 aromatic heterocycles. The van der Waals surface area contributed by atoms with E-state index >= 15 is 0 Å². The lowest BCUT2D eigenvalue weighted by Crippen LogP contribution is -2.33.